The van der Waals surface area contributed by atoms with Crippen molar-refractivity contribution in [1.29, 1.82) is 0 Å². The van der Waals surface area contributed by atoms with Gasteiger partial charge in [-0.25, -0.2) is 4.98 Å². The number of fused-ring (bicyclic) bond motifs is 1. The highest BCUT2D eigenvalue weighted by Gasteiger charge is 2.24. The molecule has 0 unspecified atom stereocenters. The molecule has 6 nitrogen and oxygen atoms in total. The van der Waals surface area contributed by atoms with Crippen molar-refractivity contribution in [2.45, 2.75) is 6.42 Å². The lowest BCUT2D eigenvalue weighted by atomic mass is 10.3. The van der Waals surface area contributed by atoms with Crippen molar-refractivity contribution in [3.8, 4) is 5.69 Å². The normalized spacial score (nSPS) is 16.8. The molecule has 2 aromatic rings. The molecule has 2 aliphatic heterocycles. The predicted octanol–water partition coefficient (Wildman–Crippen LogP) is 2.80. The summed E-state index contributed by atoms with van der Waals surface area (Å²) in [6.07, 6.45) is 6.70. The first-order valence-corrected chi connectivity index (χ1v) is 7.35. The molecule has 0 fully saturated rings. The van der Waals surface area contributed by atoms with Gasteiger partial charge in [0.15, 0.2) is 5.84 Å². The van der Waals surface area contributed by atoms with E-state index in [1.165, 1.54) is 0 Å². The summed E-state index contributed by atoms with van der Waals surface area (Å²) in [4.78, 5) is 8.63. The Labute approximate surface area is 132 Å². The van der Waals surface area contributed by atoms with Crippen LogP contribution in [0, 0.1) is 0 Å². The van der Waals surface area contributed by atoms with E-state index in [0.717, 1.165) is 24.4 Å². The topological polar surface area (TPSA) is 57.8 Å². The Kier molecular flexibility index (Phi) is 3.16. The van der Waals surface area contributed by atoms with Crippen molar-refractivity contribution < 1.29 is 0 Å². The minimum atomic E-state index is 0.226. The van der Waals surface area contributed by atoms with Gasteiger partial charge in [0.05, 0.1) is 11.9 Å². The molecule has 1 N–H and O–H groups in total. The van der Waals surface area contributed by atoms with Gasteiger partial charge >= 0.3 is 0 Å². The van der Waals surface area contributed by atoms with Crippen LogP contribution >= 0.6 is 11.6 Å². The molecule has 3 heterocycles. The first kappa shape index (κ1) is 13.1. The van der Waals surface area contributed by atoms with Gasteiger partial charge in [0, 0.05) is 12.2 Å². The van der Waals surface area contributed by atoms with E-state index in [0.29, 0.717) is 11.7 Å². The van der Waals surface area contributed by atoms with E-state index in [4.69, 9.17) is 11.6 Å². The molecule has 0 aliphatic carbocycles. The number of aromatic nitrogens is 2. The molecular formula is C15H13ClN6. The summed E-state index contributed by atoms with van der Waals surface area (Å²) in [5, 5.41) is 9.48. The van der Waals surface area contributed by atoms with Crippen molar-refractivity contribution >= 4 is 28.5 Å². The summed E-state index contributed by atoms with van der Waals surface area (Å²) >= 11 is 5.97. The van der Waals surface area contributed by atoms with E-state index < -0.39 is 0 Å². The number of aliphatic imine (C=N–C) groups is 1. The SMILES string of the molecule is ClC1=NN2CCC=C2C(Nc2cn(-c3ccccc3)cn2)=N1. The highest BCUT2D eigenvalue weighted by molar-refractivity contribution is 6.66. The minimum Gasteiger partial charge on any atom is -0.322 e. The quantitative estimate of drug-likeness (QED) is 0.868. The maximum atomic E-state index is 5.97. The molecule has 0 bridgehead atoms. The number of rotatable bonds is 2. The van der Waals surface area contributed by atoms with E-state index in [9.17, 15) is 0 Å². The zero-order chi connectivity index (χ0) is 14.9. The Balaban J connectivity index is 1.59. The van der Waals surface area contributed by atoms with Gasteiger partial charge in [-0.05, 0) is 30.2 Å². The Morgan fingerprint density at radius 2 is 2.05 bits per heavy atom. The van der Waals surface area contributed by atoms with Gasteiger partial charge in [-0.2, -0.15) is 4.99 Å². The van der Waals surface area contributed by atoms with E-state index in [-0.39, 0.29) is 5.29 Å². The molecule has 4 rings (SSSR count). The van der Waals surface area contributed by atoms with Crippen LogP contribution in [0.5, 0.6) is 0 Å². The summed E-state index contributed by atoms with van der Waals surface area (Å²) in [6.45, 7) is 0.824. The van der Waals surface area contributed by atoms with Gasteiger partial charge < -0.3 is 9.88 Å². The second-order valence-electron chi connectivity index (χ2n) is 4.96. The average Bonchev–Trinajstić information content (AvgIpc) is 3.17. The molecule has 22 heavy (non-hydrogen) atoms. The number of hydrazone groups is 1. The summed E-state index contributed by atoms with van der Waals surface area (Å²) in [7, 11) is 0. The van der Waals surface area contributed by atoms with Crippen LogP contribution in [0.1, 0.15) is 6.42 Å². The second kappa shape index (κ2) is 5.31. The van der Waals surface area contributed by atoms with E-state index in [1.807, 2.05) is 46.1 Å². The van der Waals surface area contributed by atoms with Crippen LogP contribution in [0.25, 0.3) is 5.69 Å². The van der Waals surface area contributed by atoms with Gasteiger partial charge in [0.25, 0.3) is 0 Å². The summed E-state index contributed by atoms with van der Waals surface area (Å²) < 4.78 is 1.95. The number of nitrogens with one attached hydrogen (secondary N) is 1. The second-order valence-corrected chi connectivity index (χ2v) is 5.30. The molecule has 0 saturated heterocycles. The number of anilines is 1. The molecule has 2 aliphatic rings. The molecular weight excluding hydrogens is 300 g/mol. The zero-order valence-corrected chi connectivity index (χ0v) is 12.4. The molecule has 1 aromatic heterocycles. The first-order chi connectivity index (χ1) is 10.8. The van der Waals surface area contributed by atoms with Gasteiger partial charge in [0.1, 0.15) is 12.1 Å². The van der Waals surface area contributed by atoms with Crippen molar-refractivity contribution in [3.05, 3.63) is 54.6 Å². The van der Waals surface area contributed by atoms with Gasteiger partial charge in [-0.1, -0.05) is 24.3 Å². The maximum Gasteiger partial charge on any atom is 0.242 e. The average molecular weight is 313 g/mol. The third-order valence-electron chi connectivity index (χ3n) is 3.49. The summed E-state index contributed by atoms with van der Waals surface area (Å²) in [6, 6.07) is 10.0. The van der Waals surface area contributed by atoms with Crippen molar-refractivity contribution in [2.24, 2.45) is 10.1 Å². The Hall–Kier alpha value is -2.60. The highest BCUT2D eigenvalue weighted by atomic mass is 35.5. The largest absolute Gasteiger partial charge is 0.322 e. The van der Waals surface area contributed by atoms with Gasteiger partial charge in [0.2, 0.25) is 5.29 Å². The van der Waals surface area contributed by atoms with Crippen molar-refractivity contribution in [1.82, 2.24) is 14.6 Å². The smallest absolute Gasteiger partial charge is 0.242 e. The fourth-order valence-corrected chi connectivity index (χ4v) is 2.66. The zero-order valence-electron chi connectivity index (χ0n) is 11.6. The van der Waals surface area contributed by atoms with Gasteiger partial charge in [-0.3, -0.25) is 5.01 Å². The molecule has 0 radical (unpaired) electrons. The fourth-order valence-electron chi connectivity index (χ4n) is 2.49. The fraction of sp³-hybridized carbons (Fsp3) is 0.133. The number of hydrogen-bond acceptors (Lipinski definition) is 5. The number of para-hydroxylation sites is 1. The van der Waals surface area contributed by atoms with E-state index >= 15 is 0 Å². The van der Waals surface area contributed by atoms with Crippen molar-refractivity contribution in [3.63, 3.8) is 0 Å². The molecule has 7 heteroatoms. The molecule has 0 spiro atoms. The lowest BCUT2D eigenvalue weighted by molar-refractivity contribution is 0.414. The summed E-state index contributed by atoms with van der Waals surface area (Å²) in [5.74, 6) is 1.39. The third-order valence-corrected chi connectivity index (χ3v) is 3.65. The number of nitrogens with zero attached hydrogens (tertiary/aromatic N) is 5. The number of hydrogen-bond donors (Lipinski definition) is 1. The monoisotopic (exact) mass is 312 g/mol. The minimum absolute atomic E-state index is 0.226. The molecule has 0 amide bonds. The van der Waals surface area contributed by atoms with E-state index in [2.05, 4.69) is 26.5 Å². The molecule has 110 valence electrons. The van der Waals surface area contributed by atoms with Crippen LogP contribution in [0.15, 0.2) is 64.7 Å². The predicted molar refractivity (Wildman–Crippen MR) is 87.3 cm³/mol. The van der Waals surface area contributed by atoms with Crippen LogP contribution in [-0.2, 0) is 0 Å². The first-order valence-electron chi connectivity index (χ1n) is 6.97. The van der Waals surface area contributed by atoms with Gasteiger partial charge in [-0.15, -0.1) is 5.10 Å². The van der Waals surface area contributed by atoms with Crippen LogP contribution in [0.2, 0.25) is 0 Å². The van der Waals surface area contributed by atoms with E-state index in [1.54, 1.807) is 6.33 Å². The standard InChI is InChI=1S/C15H13ClN6/c16-15-19-14(12-7-4-8-22(12)20-15)18-13-9-21(10-17-13)11-5-2-1-3-6-11/h1-3,5-7,9-10H,4,8H2,(H,18,19,20). The van der Waals surface area contributed by atoms with Crippen LogP contribution in [0.4, 0.5) is 5.82 Å². The van der Waals surface area contributed by atoms with Crippen molar-refractivity contribution in [2.75, 3.05) is 11.9 Å². The number of halogens is 1. The third kappa shape index (κ3) is 2.37. The summed E-state index contributed by atoms with van der Waals surface area (Å²) in [5.41, 5.74) is 1.99. The Bertz CT molecular complexity index is 789. The molecule has 1 aromatic carbocycles. The van der Waals surface area contributed by atoms with Crippen LogP contribution in [0.3, 0.4) is 0 Å². The number of amidine groups is 2. The lowest BCUT2D eigenvalue weighted by Crippen LogP contribution is -2.29. The molecule has 0 saturated carbocycles. The number of imidazole rings is 1. The Morgan fingerprint density at radius 3 is 2.91 bits per heavy atom. The Morgan fingerprint density at radius 1 is 1.18 bits per heavy atom. The van der Waals surface area contributed by atoms with Crippen LogP contribution < -0.4 is 5.32 Å². The maximum absolute atomic E-state index is 5.97. The highest BCUT2D eigenvalue weighted by Crippen LogP contribution is 2.22. The lowest BCUT2D eigenvalue weighted by Gasteiger charge is -2.21. The molecule has 0 atom stereocenters. The van der Waals surface area contributed by atoms with Crippen LogP contribution in [-0.4, -0.2) is 32.2 Å². The number of benzene rings is 1.